The highest BCUT2D eigenvalue weighted by Crippen LogP contribution is 2.29. The van der Waals surface area contributed by atoms with E-state index in [0.717, 1.165) is 26.6 Å². The number of pyridine rings is 1. The van der Waals surface area contributed by atoms with E-state index in [1.807, 2.05) is 24.3 Å². The van der Waals surface area contributed by atoms with Crippen LogP contribution in [0.5, 0.6) is 0 Å². The number of aromatic nitrogens is 4. The van der Waals surface area contributed by atoms with E-state index in [1.165, 1.54) is 0 Å². The minimum Gasteiger partial charge on any atom is -0.388 e. The van der Waals surface area contributed by atoms with Gasteiger partial charge in [0.2, 0.25) is 0 Å². The van der Waals surface area contributed by atoms with Gasteiger partial charge in [0.1, 0.15) is 0 Å². The molecule has 0 amide bonds. The lowest BCUT2D eigenvalue weighted by Gasteiger charge is -2.12. The summed E-state index contributed by atoms with van der Waals surface area (Å²) in [5, 5.41) is 19.3. The smallest absolute Gasteiger partial charge is 0.0867 e. The summed E-state index contributed by atoms with van der Waals surface area (Å²) in [6.07, 6.45) is 3.30. The maximum absolute atomic E-state index is 10.4. The third-order valence-corrected chi connectivity index (χ3v) is 3.85. The normalized spacial score (nSPS) is 12.8. The monoisotopic (exact) mass is 332 g/mol. The van der Waals surface area contributed by atoms with Crippen LogP contribution >= 0.6 is 15.9 Å². The molecule has 2 heterocycles. The predicted octanol–water partition coefficient (Wildman–Crippen LogP) is 2.40. The molecule has 1 unspecified atom stereocenters. The highest BCUT2D eigenvalue weighted by Gasteiger charge is 2.15. The van der Waals surface area contributed by atoms with Crippen LogP contribution in [-0.2, 0) is 13.5 Å². The minimum atomic E-state index is -0.655. The Hall–Kier alpha value is -1.79. The van der Waals surface area contributed by atoms with Gasteiger partial charge >= 0.3 is 0 Å². The average Bonchev–Trinajstić information content (AvgIpc) is 2.84. The van der Waals surface area contributed by atoms with E-state index in [0.29, 0.717) is 6.42 Å². The summed E-state index contributed by atoms with van der Waals surface area (Å²) in [5.41, 5.74) is 2.36. The lowest BCUT2D eigenvalue weighted by molar-refractivity contribution is 0.178. The van der Waals surface area contributed by atoms with E-state index < -0.39 is 6.10 Å². The van der Waals surface area contributed by atoms with Crippen LogP contribution in [0, 0.1) is 0 Å². The van der Waals surface area contributed by atoms with Crippen LogP contribution in [0.2, 0.25) is 0 Å². The van der Waals surface area contributed by atoms with E-state index in [1.54, 1.807) is 24.1 Å². The van der Waals surface area contributed by atoms with E-state index in [-0.39, 0.29) is 0 Å². The predicted molar refractivity (Wildman–Crippen MR) is 79.1 cm³/mol. The molecule has 0 saturated carbocycles. The molecule has 3 aromatic rings. The SMILES string of the molecule is Cn1cc(CC(O)c2ccc(Br)c3cccnc23)nn1. The number of aliphatic hydroxyl groups is 1. The first-order chi connectivity index (χ1) is 9.65. The van der Waals surface area contributed by atoms with Gasteiger partial charge in [-0.25, -0.2) is 0 Å². The molecular weight excluding hydrogens is 320 g/mol. The number of benzene rings is 1. The number of fused-ring (bicyclic) bond motifs is 1. The summed E-state index contributed by atoms with van der Waals surface area (Å²) in [7, 11) is 1.81. The number of halogens is 1. The Morgan fingerprint density at radius 2 is 2.20 bits per heavy atom. The van der Waals surface area contributed by atoms with Gasteiger partial charge in [0.05, 0.1) is 17.3 Å². The van der Waals surface area contributed by atoms with Crippen LogP contribution in [0.4, 0.5) is 0 Å². The van der Waals surface area contributed by atoms with E-state index in [2.05, 4.69) is 31.2 Å². The highest BCUT2D eigenvalue weighted by molar-refractivity contribution is 9.10. The first-order valence-corrected chi connectivity index (χ1v) is 7.01. The molecule has 3 rings (SSSR count). The molecule has 0 aliphatic heterocycles. The van der Waals surface area contributed by atoms with Crippen molar-refractivity contribution in [3.05, 3.63) is 52.4 Å². The molecule has 0 fully saturated rings. The number of hydrogen-bond acceptors (Lipinski definition) is 4. The molecule has 0 bridgehead atoms. The number of aliphatic hydroxyl groups excluding tert-OH is 1. The van der Waals surface area contributed by atoms with Gasteiger partial charge in [-0.05, 0) is 12.1 Å². The van der Waals surface area contributed by atoms with Crippen molar-refractivity contribution in [3.63, 3.8) is 0 Å². The molecule has 0 spiro atoms. The van der Waals surface area contributed by atoms with Crippen LogP contribution < -0.4 is 0 Å². The summed E-state index contributed by atoms with van der Waals surface area (Å²) in [5.74, 6) is 0. The van der Waals surface area contributed by atoms with Gasteiger partial charge in [-0.1, -0.05) is 33.3 Å². The quantitative estimate of drug-likeness (QED) is 0.799. The first kappa shape index (κ1) is 13.2. The summed E-state index contributed by atoms with van der Waals surface area (Å²) in [6, 6.07) is 7.68. The van der Waals surface area contributed by atoms with Crippen molar-refractivity contribution in [2.75, 3.05) is 0 Å². The van der Waals surface area contributed by atoms with Crippen LogP contribution in [0.25, 0.3) is 10.9 Å². The molecule has 1 atom stereocenters. The summed E-state index contributed by atoms with van der Waals surface area (Å²) < 4.78 is 2.59. The lowest BCUT2D eigenvalue weighted by Crippen LogP contribution is -2.04. The van der Waals surface area contributed by atoms with Crippen molar-refractivity contribution in [1.82, 2.24) is 20.0 Å². The van der Waals surface area contributed by atoms with Crippen LogP contribution in [0.3, 0.4) is 0 Å². The average molecular weight is 333 g/mol. The molecule has 5 nitrogen and oxygen atoms in total. The maximum atomic E-state index is 10.4. The second-order valence-corrected chi connectivity index (χ2v) is 5.49. The van der Waals surface area contributed by atoms with Crippen molar-refractivity contribution in [1.29, 1.82) is 0 Å². The Balaban J connectivity index is 1.99. The molecule has 0 saturated heterocycles. The van der Waals surface area contributed by atoms with Crippen molar-refractivity contribution < 1.29 is 5.11 Å². The van der Waals surface area contributed by atoms with Crippen molar-refractivity contribution >= 4 is 26.8 Å². The second-order valence-electron chi connectivity index (χ2n) is 4.64. The third-order valence-electron chi connectivity index (χ3n) is 3.16. The van der Waals surface area contributed by atoms with Crippen molar-refractivity contribution in [2.24, 2.45) is 7.05 Å². The highest BCUT2D eigenvalue weighted by atomic mass is 79.9. The lowest BCUT2D eigenvalue weighted by atomic mass is 10.0. The zero-order valence-corrected chi connectivity index (χ0v) is 12.4. The Kier molecular flexibility index (Phi) is 3.50. The minimum absolute atomic E-state index is 0.418. The Morgan fingerprint density at radius 3 is 2.95 bits per heavy atom. The van der Waals surface area contributed by atoms with E-state index in [4.69, 9.17) is 0 Å². The first-order valence-electron chi connectivity index (χ1n) is 6.21. The van der Waals surface area contributed by atoms with E-state index in [9.17, 15) is 5.11 Å². The van der Waals surface area contributed by atoms with Gasteiger partial charge in [-0.3, -0.25) is 9.67 Å². The largest absolute Gasteiger partial charge is 0.388 e. The number of nitrogens with zero attached hydrogens (tertiary/aromatic N) is 4. The number of rotatable bonds is 3. The fourth-order valence-electron chi connectivity index (χ4n) is 2.23. The topological polar surface area (TPSA) is 63.8 Å². The van der Waals surface area contributed by atoms with Gasteiger partial charge in [-0.2, -0.15) is 0 Å². The molecule has 1 N–H and O–H groups in total. The van der Waals surface area contributed by atoms with E-state index >= 15 is 0 Å². The van der Waals surface area contributed by atoms with Crippen LogP contribution in [-0.4, -0.2) is 25.1 Å². The number of hydrogen-bond donors (Lipinski definition) is 1. The molecule has 0 aliphatic rings. The van der Waals surface area contributed by atoms with Crippen LogP contribution in [0.1, 0.15) is 17.4 Å². The molecule has 1 aromatic carbocycles. The summed E-state index contributed by atoms with van der Waals surface area (Å²) in [4.78, 5) is 4.38. The fourth-order valence-corrected chi connectivity index (χ4v) is 2.68. The molecule has 0 radical (unpaired) electrons. The van der Waals surface area contributed by atoms with Gasteiger partial charge in [0.15, 0.2) is 0 Å². The number of aryl methyl sites for hydroxylation is 1. The summed E-state index contributed by atoms with van der Waals surface area (Å²) in [6.45, 7) is 0. The Bertz CT molecular complexity index is 756. The molecule has 6 heteroatoms. The van der Waals surface area contributed by atoms with Gasteiger partial charge in [0.25, 0.3) is 0 Å². The van der Waals surface area contributed by atoms with Gasteiger partial charge in [0, 0.05) is 41.3 Å². The molecular formula is C14H13BrN4O. The second kappa shape index (κ2) is 5.30. The van der Waals surface area contributed by atoms with Gasteiger partial charge in [-0.15, -0.1) is 5.10 Å². The third kappa shape index (κ3) is 2.44. The zero-order chi connectivity index (χ0) is 14.1. The van der Waals surface area contributed by atoms with Gasteiger partial charge < -0.3 is 5.11 Å². The fraction of sp³-hybridized carbons (Fsp3) is 0.214. The standard InChI is InChI=1S/C14H13BrN4O/c1-19-8-9(17-18-19)7-13(20)11-4-5-12(15)10-3-2-6-16-14(10)11/h2-6,8,13,20H,7H2,1H3. The summed E-state index contributed by atoms with van der Waals surface area (Å²) >= 11 is 3.50. The maximum Gasteiger partial charge on any atom is 0.0867 e. The Morgan fingerprint density at radius 1 is 1.35 bits per heavy atom. The molecule has 0 aliphatic carbocycles. The molecule has 102 valence electrons. The molecule has 2 aromatic heterocycles. The zero-order valence-electron chi connectivity index (χ0n) is 10.9. The van der Waals surface area contributed by atoms with Crippen molar-refractivity contribution in [2.45, 2.75) is 12.5 Å². The van der Waals surface area contributed by atoms with Crippen molar-refractivity contribution in [3.8, 4) is 0 Å². The molecule has 20 heavy (non-hydrogen) atoms. The Labute approximate surface area is 124 Å². The van der Waals surface area contributed by atoms with Crippen LogP contribution in [0.15, 0.2) is 41.1 Å².